The van der Waals surface area contributed by atoms with Gasteiger partial charge in [0.25, 0.3) is 0 Å². The summed E-state index contributed by atoms with van der Waals surface area (Å²) in [5, 5.41) is 8.41. The Bertz CT molecular complexity index is 250. The molecule has 0 unspecified atom stereocenters. The van der Waals surface area contributed by atoms with E-state index in [-0.39, 0.29) is 12.4 Å². The van der Waals surface area contributed by atoms with Crippen LogP contribution in [0.15, 0.2) is 24.3 Å². The molecule has 0 aromatic heterocycles. The van der Waals surface area contributed by atoms with E-state index in [2.05, 4.69) is 6.07 Å². The van der Waals surface area contributed by atoms with Crippen LogP contribution in [0.5, 0.6) is 0 Å². The van der Waals surface area contributed by atoms with Crippen LogP contribution < -0.4 is 0 Å². The van der Waals surface area contributed by atoms with Crippen molar-refractivity contribution >= 4 is 12.4 Å². The van der Waals surface area contributed by atoms with E-state index in [0.29, 0.717) is 0 Å². The molecule has 1 nitrogen and oxygen atoms in total. The zero-order valence-electron chi connectivity index (χ0n) is 5.66. The lowest BCUT2D eigenvalue weighted by molar-refractivity contribution is 1.42. The maximum absolute atomic E-state index is 8.41. The Kier molecular flexibility index (Phi) is 3.53. The summed E-state index contributed by atoms with van der Waals surface area (Å²) in [6.07, 6.45) is 0. The van der Waals surface area contributed by atoms with Gasteiger partial charge in [-0.25, -0.2) is 0 Å². The van der Waals surface area contributed by atoms with Crippen LogP contribution in [0.1, 0.15) is 11.1 Å². The summed E-state index contributed by atoms with van der Waals surface area (Å²) in [4.78, 5) is 0. The molecule has 10 heavy (non-hydrogen) atoms. The average Bonchev–Trinajstić information content (AvgIpc) is 1.88. The van der Waals surface area contributed by atoms with Gasteiger partial charge in [-0.2, -0.15) is 5.26 Å². The maximum atomic E-state index is 8.41. The number of aryl methyl sites for hydroxylation is 1. The molecule has 0 fully saturated rings. The van der Waals surface area contributed by atoms with Crippen LogP contribution in [0.25, 0.3) is 0 Å². The van der Waals surface area contributed by atoms with Crippen LogP contribution in [-0.2, 0) is 0 Å². The number of nitriles is 1. The SMILES string of the molecule is Cc1cccc(C#N)c1.Cl. The summed E-state index contributed by atoms with van der Waals surface area (Å²) >= 11 is 0. The molecule has 52 valence electrons. The fourth-order valence-electron chi connectivity index (χ4n) is 0.715. The summed E-state index contributed by atoms with van der Waals surface area (Å²) in [6.45, 7) is 1.97. The van der Waals surface area contributed by atoms with Gasteiger partial charge in [-0.15, -0.1) is 12.4 Å². The highest BCUT2D eigenvalue weighted by molar-refractivity contribution is 5.85. The molecule has 1 rings (SSSR count). The lowest BCUT2D eigenvalue weighted by Crippen LogP contribution is -1.73. The molecule has 0 radical (unpaired) electrons. The third kappa shape index (κ3) is 2.08. The monoisotopic (exact) mass is 153 g/mol. The molecule has 1 aromatic rings. The molecule has 0 N–H and O–H groups in total. The molecule has 2 heteroatoms. The highest BCUT2D eigenvalue weighted by Gasteiger charge is 1.86. The summed E-state index contributed by atoms with van der Waals surface area (Å²) in [6, 6.07) is 9.58. The van der Waals surface area contributed by atoms with E-state index in [0.717, 1.165) is 11.1 Å². The normalized spacial score (nSPS) is 7.60. The van der Waals surface area contributed by atoms with Crippen molar-refractivity contribution in [1.29, 1.82) is 5.26 Å². The van der Waals surface area contributed by atoms with Crippen LogP contribution in [-0.4, -0.2) is 0 Å². The van der Waals surface area contributed by atoms with Crippen LogP contribution >= 0.6 is 12.4 Å². The van der Waals surface area contributed by atoms with Crippen molar-refractivity contribution in [3.8, 4) is 6.07 Å². The van der Waals surface area contributed by atoms with Crippen molar-refractivity contribution in [3.05, 3.63) is 35.4 Å². The minimum Gasteiger partial charge on any atom is -0.192 e. The van der Waals surface area contributed by atoms with Gasteiger partial charge < -0.3 is 0 Å². The van der Waals surface area contributed by atoms with Crippen LogP contribution in [0, 0.1) is 18.3 Å². The lowest BCUT2D eigenvalue weighted by Gasteiger charge is -1.88. The highest BCUT2D eigenvalue weighted by Crippen LogP contribution is 2.00. The number of halogens is 1. The zero-order chi connectivity index (χ0) is 6.69. The van der Waals surface area contributed by atoms with Gasteiger partial charge in [0, 0.05) is 0 Å². The Labute approximate surface area is 66.7 Å². The largest absolute Gasteiger partial charge is 0.192 e. The Morgan fingerprint density at radius 3 is 2.50 bits per heavy atom. The first-order valence-corrected chi connectivity index (χ1v) is 2.79. The molecule has 0 aliphatic rings. The second-order valence-electron chi connectivity index (χ2n) is 1.98. The summed E-state index contributed by atoms with van der Waals surface area (Å²) < 4.78 is 0. The molecule has 0 saturated carbocycles. The van der Waals surface area contributed by atoms with Gasteiger partial charge in [0.05, 0.1) is 11.6 Å². The summed E-state index contributed by atoms with van der Waals surface area (Å²) in [5.41, 5.74) is 1.86. The van der Waals surface area contributed by atoms with Gasteiger partial charge in [-0.3, -0.25) is 0 Å². The summed E-state index contributed by atoms with van der Waals surface area (Å²) in [5.74, 6) is 0. The Morgan fingerprint density at radius 2 is 2.10 bits per heavy atom. The van der Waals surface area contributed by atoms with Gasteiger partial charge in [-0.1, -0.05) is 12.1 Å². The van der Waals surface area contributed by atoms with Crippen molar-refractivity contribution in [1.82, 2.24) is 0 Å². The highest BCUT2D eigenvalue weighted by atomic mass is 35.5. The van der Waals surface area contributed by atoms with E-state index < -0.39 is 0 Å². The Hall–Kier alpha value is -1.00. The molecule has 0 aliphatic heterocycles. The first-order chi connectivity index (χ1) is 4.33. The lowest BCUT2D eigenvalue weighted by atomic mass is 10.2. The second-order valence-corrected chi connectivity index (χ2v) is 1.98. The first-order valence-electron chi connectivity index (χ1n) is 2.79. The average molecular weight is 154 g/mol. The van der Waals surface area contributed by atoms with E-state index in [1.54, 1.807) is 6.07 Å². The third-order valence-electron chi connectivity index (χ3n) is 1.15. The van der Waals surface area contributed by atoms with Crippen LogP contribution in [0.3, 0.4) is 0 Å². The molecular weight excluding hydrogens is 146 g/mol. The molecular formula is C8H8ClN. The molecule has 0 bridgehead atoms. The van der Waals surface area contributed by atoms with Crippen molar-refractivity contribution in [2.45, 2.75) is 6.92 Å². The van der Waals surface area contributed by atoms with E-state index in [4.69, 9.17) is 5.26 Å². The molecule has 0 aliphatic carbocycles. The van der Waals surface area contributed by atoms with Crippen molar-refractivity contribution in [2.75, 3.05) is 0 Å². The topological polar surface area (TPSA) is 23.8 Å². The van der Waals surface area contributed by atoms with E-state index in [1.165, 1.54) is 0 Å². The first kappa shape index (κ1) is 9.00. The number of nitrogens with zero attached hydrogens (tertiary/aromatic N) is 1. The molecule has 0 amide bonds. The molecule has 0 saturated heterocycles. The van der Waals surface area contributed by atoms with E-state index >= 15 is 0 Å². The standard InChI is InChI=1S/C8H7N.ClH/c1-7-3-2-4-8(5-7)6-9;/h2-5H,1H3;1H. The minimum absolute atomic E-state index is 0. The molecule has 0 heterocycles. The predicted molar refractivity (Wildman–Crippen MR) is 43.1 cm³/mol. The number of hydrogen-bond acceptors (Lipinski definition) is 1. The summed E-state index contributed by atoms with van der Waals surface area (Å²) in [7, 11) is 0. The second kappa shape index (κ2) is 3.92. The van der Waals surface area contributed by atoms with Crippen LogP contribution in [0.2, 0.25) is 0 Å². The minimum atomic E-state index is 0. The Balaban J connectivity index is 0.000000810. The zero-order valence-corrected chi connectivity index (χ0v) is 6.48. The fraction of sp³-hybridized carbons (Fsp3) is 0.125. The van der Waals surface area contributed by atoms with Crippen molar-refractivity contribution < 1.29 is 0 Å². The molecule has 0 atom stereocenters. The quantitative estimate of drug-likeness (QED) is 0.561. The Morgan fingerprint density at radius 1 is 1.40 bits per heavy atom. The number of rotatable bonds is 0. The van der Waals surface area contributed by atoms with Crippen LogP contribution in [0.4, 0.5) is 0 Å². The predicted octanol–water partition coefficient (Wildman–Crippen LogP) is 2.29. The van der Waals surface area contributed by atoms with Crippen molar-refractivity contribution in [2.24, 2.45) is 0 Å². The smallest absolute Gasteiger partial charge is 0.0991 e. The third-order valence-corrected chi connectivity index (χ3v) is 1.15. The van der Waals surface area contributed by atoms with E-state index in [9.17, 15) is 0 Å². The molecule has 1 aromatic carbocycles. The van der Waals surface area contributed by atoms with Gasteiger partial charge in [0.1, 0.15) is 0 Å². The van der Waals surface area contributed by atoms with E-state index in [1.807, 2.05) is 25.1 Å². The maximum Gasteiger partial charge on any atom is 0.0991 e. The molecule has 0 spiro atoms. The van der Waals surface area contributed by atoms with Gasteiger partial charge in [-0.05, 0) is 24.6 Å². The van der Waals surface area contributed by atoms with Gasteiger partial charge in [0.15, 0.2) is 0 Å². The van der Waals surface area contributed by atoms with Gasteiger partial charge in [0.2, 0.25) is 0 Å². The van der Waals surface area contributed by atoms with Gasteiger partial charge >= 0.3 is 0 Å². The van der Waals surface area contributed by atoms with Crippen molar-refractivity contribution in [3.63, 3.8) is 0 Å². The number of hydrogen-bond donors (Lipinski definition) is 0. The fourth-order valence-corrected chi connectivity index (χ4v) is 0.715. The number of benzene rings is 1.